The van der Waals surface area contributed by atoms with E-state index in [4.69, 9.17) is 10.6 Å². The van der Waals surface area contributed by atoms with Crippen molar-refractivity contribution in [2.45, 2.75) is 44.9 Å². The van der Waals surface area contributed by atoms with Crippen molar-refractivity contribution in [3.63, 3.8) is 0 Å². The van der Waals surface area contributed by atoms with E-state index in [-0.39, 0.29) is 12.1 Å². The predicted octanol–water partition coefficient (Wildman–Crippen LogP) is 1.84. The maximum absolute atomic E-state index is 6.01. The molecule has 1 aliphatic rings. The van der Waals surface area contributed by atoms with Gasteiger partial charge in [-0.05, 0) is 31.5 Å². The smallest absolute Gasteiger partial charge is 0.123 e. The molecule has 0 spiro atoms. The first-order valence-corrected chi connectivity index (χ1v) is 7.42. The Hall–Kier alpha value is -1.85. The van der Waals surface area contributed by atoms with Gasteiger partial charge in [-0.1, -0.05) is 18.2 Å². The van der Waals surface area contributed by atoms with Gasteiger partial charge in [-0.3, -0.25) is 16.0 Å². The van der Waals surface area contributed by atoms with Crippen LogP contribution in [-0.2, 0) is 12.8 Å². The summed E-state index contributed by atoms with van der Waals surface area (Å²) in [5, 5.41) is 4.58. The van der Waals surface area contributed by atoms with Gasteiger partial charge in [0.1, 0.15) is 11.9 Å². The molecule has 0 radical (unpaired) electrons. The fraction of sp³-hybridized carbons (Fsp3) is 0.438. The molecule has 1 aromatic carbocycles. The molecule has 2 unspecified atom stereocenters. The lowest BCUT2D eigenvalue weighted by atomic mass is 10.0. The highest BCUT2D eigenvalue weighted by molar-refractivity contribution is 5.37. The monoisotopic (exact) mass is 286 g/mol. The topological polar surface area (TPSA) is 65.1 Å². The fourth-order valence-corrected chi connectivity index (χ4v) is 2.73. The number of nitrogens with zero attached hydrogens (tertiary/aromatic N) is 2. The number of nitrogens with one attached hydrogen (secondary N) is 1. The van der Waals surface area contributed by atoms with Crippen molar-refractivity contribution < 1.29 is 4.74 Å². The van der Waals surface area contributed by atoms with Crippen LogP contribution in [0.25, 0.3) is 0 Å². The highest BCUT2D eigenvalue weighted by Crippen LogP contribution is 2.30. The summed E-state index contributed by atoms with van der Waals surface area (Å²) < 4.78 is 7.97. The quantitative estimate of drug-likeness (QED) is 0.650. The third-order valence-electron chi connectivity index (χ3n) is 3.96. The summed E-state index contributed by atoms with van der Waals surface area (Å²) in [4.78, 5) is 0. The molecular weight excluding hydrogens is 264 g/mol. The number of nitrogens with two attached hydrogens (primary N) is 1. The van der Waals surface area contributed by atoms with E-state index in [2.05, 4.69) is 30.4 Å². The molecule has 0 amide bonds. The molecule has 3 rings (SSSR count). The molecule has 5 heteroatoms. The van der Waals surface area contributed by atoms with Gasteiger partial charge in [0, 0.05) is 25.1 Å². The molecular formula is C16H22N4O. The Kier molecular flexibility index (Phi) is 3.94. The zero-order valence-corrected chi connectivity index (χ0v) is 12.5. The maximum atomic E-state index is 6.01. The Balaban J connectivity index is 1.69. The number of fused-ring (bicyclic) bond motifs is 1. The van der Waals surface area contributed by atoms with Crippen LogP contribution in [0, 0.1) is 0 Å². The molecule has 2 atom stereocenters. The van der Waals surface area contributed by atoms with Gasteiger partial charge in [0.15, 0.2) is 0 Å². The summed E-state index contributed by atoms with van der Waals surface area (Å²) in [5.74, 6) is 6.71. The van der Waals surface area contributed by atoms with Crippen molar-refractivity contribution in [1.82, 2.24) is 15.2 Å². The lowest BCUT2D eigenvalue weighted by Crippen LogP contribution is -2.47. The lowest BCUT2D eigenvalue weighted by molar-refractivity contribution is 0.176. The summed E-state index contributed by atoms with van der Waals surface area (Å²) in [6.07, 6.45) is 3.71. The van der Waals surface area contributed by atoms with Crippen LogP contribution >= 0.6 is 0 Å². The minimum atomic E-state index is 0.0490. The zero-order chi connectivity index (χ0) is 14.8. The van der Waals surface area contributed by atoms with E-state index in [1.165, 1.54) is 5.56 Å². The summed E-state index contributed by atoms with van der Waals surface area (Å²) in [5.41, 5.74) is 5.17. The number of hydrazine groups is 1. The van der Waals surface area contributed by atoms with Crippen molar-refractivity contribution >= 4 is 0 Å². The molecule has 0 saturated carbocycles. The van der Waals surface area contributed by atoms with Gasteiger partial charge in [-0.15, -0.1) is 0 Å². The van der Waals surface area contributed by atoms with Gasteiger partial charge in [-0.2, -0.15) is 5.10 Å². The number of hydrogen-bond donors (Lipinski definition) is 2. The Labute approximate surface area is 125 Å². The zero-order valence-electron chi connectivity index (χ0n) is 12.5. The third kappa shape index (κ3) is 2.94. The average molecular weight is 286 g/mol. The third-order valence-corrected chi connectivity index (χ3v) is 3.96. The van der Waals surface area contributed by atoms with E-state index in [9.17, 15) is 0 Å². The van der Waals surface area contributed by atoms with Gasteiger partial charge >= 0.3 is 0 Å². The number of rotatable bonds is 5. The van der Waals surface area contributed by atoms with Crippen molar-refractivity contribution in [2.24, 2.45) is 5.84 Å². The number of benzene rings is 1. The minimum absolute atomic E-state index is 0.0490. The molecule has 0 aliphatic carbocycles. The van der Waals surface area contributed by atoms with Crippen molar-refractivity contribution in [3.8, 4) is 5.75 Å². The first kappa shape index (κ1) is 14.1. The average Bonchev–Trinajstić information content (AvgIpc) is 3.11. The first-order valence-electron chi connectivity index (χ1n) is 7.42. The highest BCUT2D eigenvalue weighted by Gasteiger charge is 2.30. The van der Waals surface area contributed by atoms with Crippen molar-refractivity contribution in [1.29, 1.82) is 0 Å². The van der Waals surface area contributed by atoms with Gasteiger partial charge < -0.3 is 4.74 Å². The maximum Gasteiger partial charge on any atom is 0.123 e. The molecule has 1 aliphatic heterocycles. The predicted molar refractivity (Wildman–Crippen MR) is 82.0 cm³/mol. The lowest BCUT2D eigenvalue weighted by Gasteiger charge is -2.21. The van der Waals surface area contributed by atoms with Gasteiger partial charge in [0.2, 0.25) is 0 Å². The Bertz CT molecular complexity index is 583. The van der Waals surface area contributed by atoms with Gasteiger partial charge in [0.25, 0.3) is 0 Å². The first-order chi connectivity index (χ1) is 10.2. The summed E-state index contributed by atoms with van der Waals surface area (Å²) in [6, 6.07) is 10.6. The van der Waals surface area contributed by atoms with Crippen LogP contribution in [0.15, 0.2) is 36.5 Å². The molecule has 112 valence electrons. The molecule has 0 bridgehead atoms. The van der Waals surface area contributed by atoms with Crippen LogP contribution in [0.5, 0.6) is 5.75 Å². The Morgan fingerprint density at radius 2 is 2.19 bits per heavy atom. The second-order valence-electron chi connectivity index (χ2n) is 5.83. The molecule has 2 aromatic rings. The minimum Gasteiger partial charge on any atom is -0.488 e. The highest BCUT2D eigenvalue weighted by atomic mass is 16.5. The second-order valence-corrected chi connectivity index (χ2v) is 5.83. The largest absolute Gasteiger partial charge is 0.488 e. The van der Waals surface area contributed by atoms with E-state index in [0.717, 1.165) is 24.3 Å². The summed E-state index contributed by atoms with van der Waals surface area (Å²) >= 11 is 0. The molecule has 0 saturated heterocycles. The second kappa shape index (κ2) is 5.87. The molecule has 5 nitrogen and oxygen atoms in total. The van der Waals surface area contributed by atoms with E-state index < -0.39 is 0 Å². The van der Waals surface area contributed by atoms with E-state index >= 15 is 0 Å². The Morgan fingerprint density at radius 3 is 2.86 bits per heavy atom. The fourth-order valence-electron chi connectivity index (χ4n) is 2.73. The summed E-state index contributed by atoms with van der Waals surface area (Å²) in [6.45, 7) is 4.23. The van der Waals surface area contributed by atoms with E-state index in [0.29, 0.717) is 6.04 Å². The van der Waals surface area contributed by atoms with Crippen molar-refractivity contribution in [2.75, 3.05) is 0 Å². The normalized spacial score (nSPS) is 18.6. The Morgan fingerprint density at radius 1 is 1.38 bits per heavy atom. The van der Waals surface area contributed by atoms with Crippen LogP contribution in [0.4, 0.5) is 0 Å². The molecule has 3 N–H and O–H groups in total. The van der Waals surface area contributed by atoms with Crippen molar-refractivity contribution in [3.05, 3.63) is 47.8 Å². The van der Waals surface area contributed by atoms with Gasteiger partial charge in [0.05, 0.1) is 11.7 Å². The van der Waals surface area contributed by atoms with Crippen LogP contribution in [0.2, 0.25) is 0 Å². The molecule has 21 heavy (non-hydrogen) atoms. The standard InChI is InChI=1S/C16H22N4O/c1-11(2)20-8-7-13(19-20)10-14(18-17)16-9-12-5-3-4-6-15(12)21-16/h3-8,11,14,16,18H,9-10,17H2,1-2H3. The number of aromatic nitrogens is 2. The summed E-state index contributed by atoms with van der Waals surface area (Å²) in [7, 11) is 0. The molecule has 1 aromatic heterocycles. The number of ether oxygens (including phenoxy) is 1. The molecule has 0 fully saturated rings. The van der Waals surface area contributed by atoms with Gasteiger partial charge in [-0.25, -0.2) is 0 Å². The van der Waals surface area contributed by atoms with Crippen LogP contribution < -0.4 is 16.0 Å². The SMILES string of the molecule is CC(C)n1ccc(CC(NN)C2Cc3ccccc3O2)n1. The number of hydrogen-bond acceptors (Lipinski definition) is 4. The van der Waals surface area contributed by atoms with E-state index in [1.807, 2.05) is 35.1 Å². The van der Waals surface area contributed by atoms with E-state index in [1.54, 1.807) is 0 Å². The number of para-hydroxylation sites is 1. The van der Waals surface area contributed by atoms with Crippen LogP contribution in [0.1, 0.15) is 31.1 Å². The molecule has 2 heterocycles. The van der Waals surface area contributed by atoms with Crippen LogP contribution in [0.3, 0.4) is 0 Å². The van der Waals surface area contributed by atoms with Crippen LogP contribution in [-0.4, -0.2) is 21.9 Å².